The van der Waals surface area contributed by atoms with Crippen LogP contribution in [0.15, 0.2) is 134 Å². The van der Waals surface area contributed by atoms with Gasteiger partial charge in [-0.3, -0.25) is 14.3 Å². The molecule has 4 aromatic carbocycles. The molecule has 8 rings (SSSR count). The van der Waals surface area contributed by atoms with Crippen molar-refractivity contribution in [1.29, 1.82) is 0 Å². The minimum Gasteiger partial charge on any atom is -0.388 e. The number of rotatable bonds is 14. The van der Waals surface area contributed by atoms with Gasteiger partial charge in [-0.1, -0.05) is 84.9 Å². The maximum absolute atomic E-state index is 12.5. The Bertz CT molecular complexity index is 2160. The van der Waals surface area contributed by atoms with Gasteiger partial charge in [-0.2, -0.15) is 10.2 Å². The molecule has 2 aromatic heterocycles. The normalized spacial score (nSPS) is 20.4. The smallest absolute Gasteiger partial charge is 0.295 e. The van der Waals surface area contributed by atoms with Crippen molar-refractivity contribution in [3.8, 4) is 0 Å². The van der Waals surface area contributed by atoms with Gasteiger partial charge in [0.1, 0.15) is 6.04 Å². The molecule has 0 spiro atoms. The van der Waals surface area contributed by atoms with Gasteiger partial charge in [0.05, 0.1) is 23.6 Å². The van der Waals surface area contributed by atoms with E-state index in [1.165, 1.54) is 11.1 Å². The van der Waals surface area contributed by atoms with Gasteiger partial charge in [0.25, 0.3) is 11.9 Å². The number of nitrogens with one attached hydrogen (secondary N) is 3. The Morgan fingerprint density at radius 3 is 1.60 bits per heavy atom. The summed E-state index contributed by atoms with van der Waals surface area (Å²) in [6.45, 7) is 7.60. The van der Waals surface area contributed by atoms with E-state index in [9.17, 15) is 19.8 Å². The number of aromatic amines is 1. The molecule has 324 valence electrons. The van der Waals surface area contributed by atoms with Crippen LogP contribution in [-0.4, -0.2) is 36.9 Å². The molecule has 8 atom stereocenters. The lowest BCUT2D eigenvalue weighted by Gasteiger charge is -2.19. The molecular formula is C52H63N6O4+. The third-order valence-corrected chi connectivity index (χ3v) is 12.9. The number of aliphatic hydroxyl groups excluding tert-OH is 2. The highest BCUT2D eigenvalue weighted by Crippen LogP contribution is 2.41. The molecular weight excluding hydrogens is 773 g/mol. The lowest BCUT2D eigenvalue weighted by molar-refractivity contribution is -0.758. The van der Waals surface area contributed by atoms with Crippen molar-refractivity contribution in [2.45, 2.75) is 103 Å². The number of carbonyl (C=O) groups is 2. The lowest BCUT2D eigenvalue weighted by Crippen LogP contribution is -2.45. The molecule has 62 heavy (non-hydrogen) atoms. The minimum atomic E-state index is -0.371. The molecule has 0 radical (unpaired) electrons. The molecule has 2 fully saturated rings. The Hall–Kier alpha value is -5.84. The first-order valence-corrected chi connectivity index (χ1v) is 22.3. The van der Waals surface area contributed by atoms with Gasteiger partial charge in [-0.25, -0.2) is 0 Å². The van der Waals surface area contributed by atoms with Crippen LogP contribution in [0, 0.1) is 37.5 Å². The molecule has 10 nitrogen and oxygen atoms in total. The van der Waals surface area contributed by atoms with E-state index in [1.54, 1.807) is 9.36 Å². The number of carbonyl (C=O) groups excluding carboxylic acids is 2. The predicted molar refractivity (Wildman–Crippen MR) is 244 cm³/mol. The molecule has 0 saturated heterocycles. The quantitative estimate of drug-likeness (QED) is 0.0697. The van der Waals surface area contributed by atoms with Crippen LogP contribution in [0.5, 0.6) is 0 Å². The van der Waals surface area contributed by atoms with E-state index < -0.39 is 0 Å². The number of hydrogen-bond acceptors (Lipinski definition) is 5. The van der Waals surface area contributed by atoms with E-state index >= 15 is 0 Å². The van der Waals surface area contributed by atoms with E-state index in [0.29, 0.717) is 23.7 Å². The highest BCUT2D eigenvalue weighted by molar-refractivity contribution is 5.93. The van der Waals surface area contributed by atoms with Crippen LogP contribution in [0.1, 0.15) is 110 Å². The minimum absolute atomic E-state index is 0.0480. The highest BCUT2D eigenvalue weighted by atomic mass is 16.3. The Labute approximate surface area is 366 Å². The van der Waals surface area contributed by atoms with Gasteiger partial charge in [-0.15, -0.1) is 4.68 Å². The molecule has 0 bridgehead atoms. The van der Waals surface area contributed by atoms with Gasteiger partial charge >= 0.3 is 0 Å². The van der Waals surface area contributed by atoms with Gasteiger partial charge in [0, 0.05) is 30.6 Å². The van der Waals surface area contributed by atoms with Crippen LogP contribution in [0.3, 0.4) is 0 Å². The molecule has 5 N–H and O–H groups in total. The van der Waals surface area contributed by atoms with Crippen molar-refractivity contribution in [2.75, 3.05) is 10.6 Å². The molecule has 2 heterocycles. The van der Waals surface area contributed by atoms with Crippen LogP contribution < -0.4 is 15.3 Å². The first kappa shape index (κ1) is 44.2. The van der Waals surface area contributed by atoms with Crippen molar-refractivity contribution in [3.63, 3.8) is 0 Å². The number of amides is 2. The zero-order valence-corrected chi connectivity index (χ0v) is 36.5. The summed E-state index contributed by atoms with van der Waals surface area (Å²) in [5, 5.41) is 34.9. The third-order valence-electron chi connectivity index (χ3n) is 12.9. The Morgan fingerprint density at radius 2 is 1.16 bits per heavy atom. The number of H-pyrrole nitrogens is 1. The highest BCUT2D eigenvalue weighted by Gasteiger charge is 2.32. The van der Waals surface area contributed by atoms with E-state index in [-0.39, 0.29) is 36.1 Å². The second-order valence-electron chi connectivity index (χ2n) is 17.7. The summed E-state index contributed by atoms with van der Waals surface area (Å²) in [5.41, 5.74) is 8.13. The number of aromatic nitrogens is 4. The Kier molecular flexibility index (Phi) is 14.8. The summed E-state index contributed by atoms with van der Waals surface area (Å²) in [6, 6.07) is 39.5. The van der Waals surface area contributed by atoms with Gasteiger partial charge in [0.2, 0.25) is 5.91 Å². The third kappa shape index (κ3) is 11.7. The molecule has 0 aliphatic heterocycles. The first-order chi connectivity index (χ1) is 30.0. The first-order valence-electron chi connectivity index (χ1n) is 22.3. The fourth-order valence-electron chi connectivity index (χ4n) is 9.22. The monoisotopic (exact) mass is 835 g/mol. The maximum atomic E-state index is 12.5. The summed E-state index contributed by atoms with van der Waals surface area (Å²) in [5.74, 6) is 1.72. The Balaban J connectivity index is 0.000000186. The summed E-state index contributed by atoms with van der Waals surface area (Å²) >= 11 is 0. The lowest BCUT2D eigenvalue weighted by atomic mass is 9.91. The van der Waals surface area contributed by atoms with Crippen molar-refractivity contribution in [1.82, 2.24) is 14.9 Å². The fraction of sp³-hybridized carbons (Fsp3) is 0.385. The van der Waals surface area contributed by atoms with E-state index in [1.807, 2.05) is 137 Å². The number of benzene rings is 4. The molecule has 6 aromatic rings. The summed E-state index contributed by atoms with van der Waals surface area (Å²) in [6.07, 6.45) is 11.5. The van der Waals surface area contributed by atoms with Crippen LogP contribution in [0.25, 0.3) is 0 Å². The van der Waals surface area contributed by atoms with Crippen LogP contribution in [0.4, 0.5) is 11.4 Å². The van der Waals surface area contributed by atoms with E-state index in [2.05, 4.69) is 45.1 Å². The van der Waals surface area contributed by atoms with E-state index in [0.717, 1.165) is 85.3 Å². The SMILES string of the molecule is Cc1cc[n+](C(C)C(=O)Nc2ccc(C[C@@H]3CC[C@H]([C@H](O)c4ccccc4)C3)cc2)[nH]1.Cc1ccn(C(C)C(=O)Nc2ccc(C[C@@H]3CC[C@H]([C@H](O)c4ccccc4)C3)cc2)n1. The van der Waals surface area contributed by atoms with Crippen molar-refractivity contribution in [3.05, 3.63) is 167 Å². The topological polar surface area (TPSA) is 136 Å². The van der Waals surface area contributed by atoms with Crippen molar-refractivity contribution >= 4 is 23.2 Å². The average Bonchev–Trinajstić information content (AvgIpc) is 4.14. The second kappa shape index (κ2) is 20.8. The zero-order valence-electron chi connectivity index (χ0n) is 36.5. The summed E-state index contributed by atoms with van der Waals surface area (Å²) < 4.78 is 3.48. The van der Waals surface area contributed by atoms with Crippen molar-refractivity contribution in [2.24, 2.45) is 23.7 Å². The molecule has 2 unspecified atom stereocenters. The predicted octanol–water partition coefficient (Wildman–Crippen LogP) is 9.59. The van der Waals surface area contributed by atoms with Gasteiger partial charge < -0.3 is 20.8 Å². The second-order valence-corrected chi connectivity index (χ2v) is 17.7. The maximum Gasteiger partial charge on any atom is 0.295 e. The van der Waals surface area contributed by atoms with Crippen LogP contribution in [-0.2, 0) is 22.4 Å². The zero-order chi connectivity index (χ0) is 43.6. The standard InChI is InChI=1S/2C26H31N3O2/c2*1-18-14-15-29(28-18)19(2)26(31)27-24-12-9-20(10-13-24)16-21-8-11-23(17-21)25(30)22-6-4-3-5-7-22/h2*3-7,9-10,12-15,19,21,23,25,30H,8,11,16-17H2,1-2H3,(H,27,31)/p+1/t2*19?,21-,23-,25+/m00/s1. The van der Waals surface area contributed by atoms with Crippen LogP contribution in [0.2, 0.25) is 0 Å². The molecule has 10 heteroatoms. The average molecular weight is 836 g/mol. The number of aliphatic hydroxyl groups is 2. The van der Waals surface area contributed by atoms with Gasteiger partial charge in [0.15, 0.2) is 6.20 Å². The largest absolute Gasteiger partial charge is 0.388 e. The fourth-order valence-corrected chi connectivity index (χ4v) is 9.22. The molecule has 2 aliphatic rings. The molecule has 2 saturated carbocycles. The molecule has 2 amide bonds. The number of nitrogens with zero attached hydrogens (tertiary/aromatic N) is 3. The summed E-state index contributed by atoms with van der Waals surface area (Å²) in [4.78, 5) is 25.0. The number of anilines is 2. The van der Waals surface area contributed by atoms with Crippen molar-refractivity contribution < 1.29 is 24.5 Å². The number of aryl methyl sites for hydroxylation is 2. The Morgan fingerprint density at radius 1 is 0.677 bits per heavy atom. The molecule has 2 aliphatic carbocycles. The van der Waals surface area contributed by atoms with E-state index in [4.69, 9.17) is 0 Å². The summed E-state index contributed by atoms with van der Waals surface area (Å²) in [7, 11) is 0. The number of hydrogen-bond donors (Lipinski definition) is 5. The van der Waals surface area contributed by atoms with Crippen LogP contribution >= 0.6 is 0 Å². The van der Waals surface area contributed by atoms with Gasteiger partial charge in [-0.05, 0) is 148 Å².